The maximum Gasteiger partial charge on any atom is 0.244 e. The number of carbonyl (C=O) groups is 2. The molecule has 0 bridgehead atoms. The van der Waals surface area contributed by atoms with E-state index >= 15 is 0 Å². The van der Waals surface area contributed by atoms with Crippen LogP contribution in [0.2, 0.25) is 0 Å². The normalized spacial score (nSPS) is 12.9. The van der Waals surface area contributed by atoms with E-state index in [4.69, 9.17) is 9.47 Å². The molecule has 2 amide bonds. The van der Waals surface area contributed by atoms with Crippen molar-refractivity contribution in [1.82, 2.24) is 10.2 Å². The number of hydrogen-bond donors (Lipinski definition) is 1. The molecule has 0 unspecified atom stereocenters. The Hall–Kier alpha value is -3.27. The third-order valence-electron chi connectivity index (χ3n) is 5.69. The fourth-order valence-corrected chi connectivity index (χ4v) is 4.30. The summed E-state index contributed by atoms with van der Waals surface area (Å²) in [6.45, 7) is 5.06. The molecule has 1 N–H and O–H groups in total. The van der Waals surface area contributed by atoms with Crippen LogP contribution in [0, 0.1) is 0 Å². The second-order valence-electron chi connectivity index (χ2n) is 8.31. The highest BCUT2D eigenvalue weighted by Crippen LogP contribution is 2.29. The van der Waals surface area contributed by atoms with Crippen LogP contribution in [-0.2, 0) is 26.2 Å². The zero-order chi connectivity index (χ0) is 26.2. The van der Waals surface area contributed by atoms with E-state index in [0.29, 0.717) is 11.5 Å². The highest BCUT2D eigenvalue weighted by Gasteiger charge is 2.31. The number of nitrogens with one attached hydrogen (secondary N) is 1. The van der Waals surface area contributed by atoms with Crippen LogP contribution in [-0.4, -0.2) is 64.2 Å². The van der Waals surface area contributed by atoms with Gasteiger partial charge in [0.15, 0.2) is 0 Å². The van der Waals surface area contributed by atoms with Crippen LogP contribution in [0.3, 0.4) is 0 Å². The smallest absolute Gasteiger partial charge is 0.244 e. The minimum Gasteiger partial charge on any atom is -0.497 e. The largest absolute Gasteiger partial charge is 0.497 e. The molecular formula is C25H35N3O6S. The summed E-state index contributed by atoms with van der Waals surface area (Å²) in [6.07, 6.45) is 1.76. The number of benzene rings is 2. The average molecular weight is 506 g/mol. The number of sulfonamides is 1. The number of nitrogens with zero attached hydrogens (tertiary/aromatic N) is 2. The molecule has 2 aromatic rings. The monoisotopic (exact) mass is 505 g/mol. The van der Waals surface area contributed by atoms with Gasteiger partial charge in [0.25, 0.3) is 0 Å². The lowest BCUT2D eigenvalue weighted by molar-refractivity contribution is -0.139. The lowest BCUT2D eigenvalue weighted by atomic mass is 10.1. The van der Waals surface area contributed by atoms with Gasteiger partial charge in [-0.2, -0.15) is 0 Å². The first-order valence-electron chi connectivity index (χ1n) is 11.3. The lowest BCUT2D eigenvalue weighted by Crippen LogP contribution is -2.52. The second kappa shape index (κ2) is 12.4. The standard InChI is InChI=1S/C25H35N3O6S/c1-7-18(2)26-25(30)19(3)27(16-20-11-10-12-21(15-20)33-4)24(29)17-28(35(6,31)32)22-13-8-9-14-23(22)34-5/h8-15,18-19H,7,16-17H2,1-6H3,(H,26,30)/t18-,19+/m0/s1. The number of anilines is 1. The summed E-state index contributed by atoms with van der Waals surface area (Å²) >= 11 is 0. The van der Waals surface area contributed by atoms with Crippen molar-refractivity contribution in [2.75, 3.05) is 31.3 Å². The zero-order valence-corrected chi connectivity index (χ0v) is 22.0. The number of amides is 2. The van der Waals surface area contributed by atoms with Crippen molar-refractivity contribution in [3.63, 3.8) is 0 Å². The molecule has 10 heteroatoms. The molecule has 0 aliphatic rings. The van der Waals surface area contributed by atoms with Gasteiger partial charge < -0.3 is 19.7 Å². The minimum absolute atomic E-state index is 0.0696. The number of methoxy groups -OCH3 is 2. The van der Waals surface area contributed by atoms with Gasteiger partial charge in [-0.3, -0.25) is 13.9 Å². The summed E-state index contributed by atoms with van der Waals surface area (Å²) in [5.74, 6) is 0.0702. The number of para-hydroxylation sites is 2. The molecule has 0 saturated carbocycles. The quantitative estimate of drug-likeness (QED) is 0.476. The van der Waals surface area contributed by atoms with Crippen LogP contribution in [0.15, 0.2) is 48.5 Å². The van der Waals surface area contributed by atoms with Crippen molar-refractivity contribution >= 4 is 27.5 Å². The van der Waals surface area contributed by atoms with Gasteiger partial charge in [0.1, 0.15) is 24.1 Å². The van der Waals surface area contributed by atoms with E-state index in [1.165, 1.54) is 12.0 Å². The van der Waals surface area contributed by atoms with Gasteiger partial charge in [-0.25, -0.2) is 8.42 Å². The first-order valence-corrected chi connectivity index (χ1v) is 13.2. The average Bonchev–Trinajstić information content (AvgIpc) is 2.84. The Morgan fingerprint density at radius 3 is 2.31 bits per heavy atom. The van der Waals surface area contributed by atoms with E-state index in [1.54, 1.807) is 56.5 Å². The van der Waals surface area contributed by atoms with Gasteiger partial charge in [0, 0.05) is 12.6 Å². The summed E-state index contributed by atoms with van der Waals surface area (Å²) in [7, 11) is -0.875. The van der Waals surface area contributed by atoms with E-state index in [1.807, 2.05) is 19.9 Å². The Balaban J connectivity index is 2.44. The van der Waals surface area contributed by atoms with Crippen molar-refractivity contribution in [3.8, 4) is 11.5 Å². The van der Waals surface area contributed by atoms with Gasteiger partial charge in [0.2, 0.25) is 21.8 Å². The number of hydrogen-bond acceptors (Lipinski definition) is 6. The topological polar surface area (TPSA) is 105 Å². The fourth-order valence-electron chi connectivity index (χ4n) is 3.45. The van der Waals surface area contributed by atoms with Gasteiger partial charge in [-0.15, -0.1) is 0 Å². The number of ether oxygens (including phenoxy) is 2. The van der Waals surface area contributed by atoms with Gasteiger partial charge >= 0.3 is 0 Å². The van der Waals surface area contributed by atoms with E-state index in [9.17, 15) is 18.0 Å². The Kier molecular flexibility index (Phi) is 9.94. The second-order valence-corrected chi connectivity index (χ2v) is 10.2. The Morgan fingerprint density at radius 2 is 1.71 bits per heavy atom. The molecule has 0 aliphatic heterocycles. The van der Waals surface area contributed by atoms with Crippen LogP contribution in [0.5, 0.6) is 11.5 Å². The highest BCUT2D eigenvalue weighted by atomic mass is 32.2. The lowest BCUT2D eigenvalue weighted by Gasteiger charge is -2.32. The first kappa shape index (κ1) is 28.0. The molecule has 2 aromatic carbocycles. The third-order valence-corrected chi connectivity index (χ3v) is 6.81. The number of rotatable bonds is 12. The predicted molar refractivity (Wildman–Crippen MR) is 136 cm³/mol. The van der Waals surface area contributed by atoms with Crippen LogP contribution in [0.4, 0.5) is 5.69 Å². The van der Waals surface area contributed by atoms with Gasteiger partial charge in [-0.05, 0) is 50.1 Å². The molecule has 0 fully saturated rings. The minimum atomic E-state index is -3.85. The summed E-state index contributed by atoms with van der Waals surface area (Å²) in [5, 5.41) is 2.90. The molecule has 2 atom stereocenters. The molecule has 0 aliphatic carbocycles. The van der Waals surface area contributed by atoms with E-state index in [-0.39, 0.29) is 24.2 Å². The van der Waals surface area contributed by atoms with E-state index in [2.05, 4.69) is 5.32 Å². The molecule has 0 heterocycles. The Bertz CT molecular complexity index is 1120. The Morgan fingerprint density at radius 1 is 1.03 bits per heavy atom. The third kappa shape index (κ3) is 7.61. The van der Waals surface area contributed by atoms with Crippen LogP contribution in [0.1, 0.15) is 32.8 Å². The summed E-state index contributed by atoms with van der Waals surface area (Å²) in [6, 6.07) is 12.8. The molecule has 35 heavy (non-hydrogen) atoms. The molecule has 9 nitrogen and oxygen atoms in total. The van der Waals surface area contributed by atoms with Crippen molar-refractivity contribution < 1.29 is 27.5 Å². The maximum absolute atomic E-state index is 13.6. The van der Waals surface area contributed by atoms with Crippen LogP contribution in [0.25, 0.3) is 0 Å². The molecule has 0 saturated heterocycles. The molecular weight excluding hydrogens is 470 g/mol. The molecule has 0 radical (unpaired) electrons. The van der Waals surface area contributed by atoms with Crippen molar-refractivity contribution in [3.05, 3.63) is 54.1 Å². The first-order chi connectivity index (χ1) is 16.5. The maximum atomic E-state index is 13.6. The fraction of sp³-hybridized carbons (Fsp3) is 0.440. The SMILES string of the molecule is CC[C@H](C)NC(=O)[C@@H](C)N(Cc1cccc(OC)c1)C(=O)CN(c1ccccc1OC)S(C)(=O)=O. The summed E-state index contributed by atoms with van der Waals surface area (Å²) in [5.41, 5.74) is 0.980. The number of carbonyl (C=O) groups excluding carboxylic acids is 2. The molecule has 0 spiro atoms. The van der Waals surface area contributed by atoms with E-state index < -0.39 is 28.5 Å². The summed E-state index contributed by atoms with van der Waals surface area (Å²) in [4.78, 5) is 27.9. The van der Waals surface area contributed by atoms with Crippen LogP contribution >= 0.6 is 0 Å². The highest BCUT2D eigenvalue weighted by molar-refractivity contribution is 7.92. The summed E-state index contributed by atoms with van der Waals surface area (Å²) < 4.78 is 37.0. The zero-order valence-electron chi connectivity index (χ0n) is 21.1. The van der Waals surface area contributed by atoms with Crippen LogP contribution < -0.4 is 19.1 Å². The van der Waals surface area contributed by atoms with Gasteiger partial charge in [-0.1, -0.05) is 31.2 Å². The molecule has 0 aromatic heterocycles. The van der Waals surface area contributed by atoms with Gasteiger partial charge in [0.05, 0.1) is 26.2 Å². The van der Waals surface area contributed by atoms with Crippen molar-refractivity contribution in [2.45, 2.75) is 45.8 Å². The van der Waals surface area contributed by atoms with E-state index in [0.717, 1.165) is 22.5 Å². The van der Waals surface area contributed by atoms with Crippen molar-refractivity contribution in [1.29, 1.82) is 0 Å². The molecule has 2 rings (SSSR count). The predicted octanol–water partition coefficient (Wildman–Crippen LogP) is 2.80. The van der Waals surface area contributed by atoms with Crippen molar-refractivity contribution in [2.24, 2.45) is 0 Å². The molecule has 192 valence electrons. The Labute approximate surface area is 208 Å².